The molecule has 1 fully saturated rings. The molecule has 3 N–H and O–H groups in total. The van der Waals surface area contributed by atoms with E-state index >= 15 is 0 Å². The molecule has 0 saturated heterocycles. The summed E-state index contributed by atoms with van der Waals surface area (Å²) in [7, 11) is 0. The fourth-order valence-corrected chi connectivity index (χ4v) is 3.29. The van der Waals surface area contributed by atoms with Gasteiger partial charge in [0.05, 0.1) is 6.42 Å². The summed E-state index contributed by atoms with van der Waals surface area (Å²) in [5, 5.41) is 2.71. The lowest BCUT2D eigenvalue weighted by molar-refractivity contribution is -0.127. The Morgan fingerprint density at radius 1 is 1.22 bits per heavy atom. The first-order valence-corrected chi connectivity index (χ1v) is 7.98. The number of carbonyl (C=O) groups excluding carboxylic acids is 1. The van der Waals surface area contributed by atoms with Gasteiger partial charge >= 0.3 is 6.18 Å². The monoisotopic (exact) mass is 328 g/mol. The van der Waals surface area contributed by atoms with Crippen LogP contribution in [0.4, 0.5) is 18.9 Å². The lowest BCUT2D eigenvalue weighted by Crippen LogP contribution is -2.36. The SMILES string of the molecule is NCC1(CC(=O)Nc2cccc(CC(F)(F)F)c2)CCCCC1. The van der Waals surface area contributed by atoms with Crippen molar-refractivity contribution in [2.45, 2.75) is 51.1 Å². The highest BCUT2D eigenvalue weighted by molar-refractivity contribution is 5.91. The van der Waals surface area contributed by atoms with Gasteiger partial charge in [0, 0.05) is 12.1 Å². The summed E-state index contributed by atoms with van der Waals surface area (Å²) in [5.74, 6) is -0.179. The molecule has 1 aliphatic carbocycles. The molecule has 0 unspecified atom stereocenters. The number of carbonyl (C=O) groups is 1. The maximum absolute atomic E-state index is 12.4. The summed E-state index contributed by atoms with van der Waals surface area (Å²) >= 11 is 0. The van der Waals surface area contributed by atoms with Crippen LogP contribution < -0.4 is 11.1 Å². The van der Waals surface area contributed by atoms with Crippen molar-refractivity contribution in [3.8, 4) is 0 Å². The Hall–Kier alpha value is -1.56. The molecule has 6 heteroatoms. The fraction of sp³-hybridized carbons (Fsp3) is 0.588. The van der Waals surface area contributed by atoms with Crippen molar-refractivity contribution in [1.29, 1.82) is 0 Å². The molecule has 3 nitrogen and oxygen atoms in total. The minimum absolute atomic E-state index is 0.140. The number of halogens is 3. The van der Waals surface area contributed by atoms with Crippen LogP contribution in [0.2, 0.25) is 0 Å². The van der Waals surface area contributed by atoms with Gasteiger partial charge in [0.2, 0.25) is 5.91 Å². The van der Waals surface area contributed by atoms with Crippen molar-refractivity contribution in [1.82, 2.24) is 0 Å². The molecule has 2 rings (SSSR count). The number of rotatable bonds is 5. The molecule has 1 aromatic rings. The summed E-state index contributed by atoms with van der Waals surface area (Å²) < 4.78 is 37.3. The van der Waals surface area contributed by atoms with E-state index in [1.54, 1.807) is 6.07 Å². The third-order valence-corrected chi connectivity index (χ3v) is 4.50. The van der Waals surface area contributed by atoms with Crippen LogP contribution in [0.25, 0.3) is 0 Å². The predicted octanol–water partition coefficient (Wildman–Crippen LogP) is 4.03. The quantitative estimate of drug-likeness (QED) is 0.857. The predicted molar refractivity (Wildman–Crippen MR) is 84.0 cm³/mol. The molecule has 128 valence electrons. The van der Waals surface area contributed by atoms with E-state index in [-0.39, 0.29) is 16.9 Å². The van der Waals surface area contributed by atoms with Gasteiger partial charge in [-0.15, -0.1) is 0 Å². The molecular weight excluding hydrogens is 305 g/mol. The van der Waals surface area contributed by atoms with Gasteiger partial charge in [0.15, 0.2) is 0 Å². The van der Waals surface area contributed by atoms with Gasteiger partial charge in [-0.1, -0.05) is 31.4 Å². The Bertz CT molecular complexity index is 537. The minimum Gasteiger partial charge on any atom is -0.330 e. The zero-order valence-electron chi connectivity index (χ0n) is 13.1. The number of amides is 1. The third kappa shape index (κ3) is 5.53. The van der Waals surface area contributed by atoms with Crippen molar-refractivity contribution < 1.29 is 18.0 Å². The Kier molecular flexibility index (Phi) is 5.68. The van der Waals surface area contributed by atoms with E-state index in [2.05, 4.69) is 5.32 Å². The van der Waals surface area contributed by atoms with E-state index in [1.165, 1.54) is 24.6 Å². The average molecular weight is 328 g/mol. The lowest BCUT2D eigenvalue weighted by atomic mass is 9.71. The molecule has 23 heavy (non-hydrogen) atoms. The maximum atomic E-state index is 12.4. The van der Waals surface area contributed by atoms with E-state index in [9.17, 15) is 18.0 Å². The third-order valence-electron chi connectivity index (χ3n) is 4.50. The van der Waals surface area contributed by atoms with Crippen LogP contribution in [-0.2, 0) is 11.2 Å². The van der Waals surface area contributed by atoms with Gasteiger partial charge in [-0.25, -0.2) is 0 Å². The standard InChI is InChI=1S/C17H23F3N2O/c18-17(19,20)10-13-5-4-6-14(9-13)22-15(23)11-16(12-21)7-2-1-3-8-16/h4-6,9H,1-3,7-8,10-12,21H2,(H,22,23). The van der Waals surface area contributed by atoms with Gasteiger partial charge in [0.1, 0.15) is 0 Å². The Balaban J connectivity index is 1.98. The second-order valence-corrected chi connectivity index (χ2v) is 6.48. The second-order valence-electron chi connectivity index (χ2n) is 6.48. The van der Waals surface area contributed by atoms with E-state index in [0.29, 0.717) is 18.7 Å². The minimum atomic E-state index is -4.26. The largest absolute Gasteiger partial charge is 0.393 e. The van der Waals surface area contributed by atoms with Crippen LogP contribution in [-0.4, -0.2) is 18.6 Å². The Labute approximate surface area is 134 Å². The van der Waals surface area contributed by atoms with Gasteiger partial charge in [-0.2, -0.15) is 13.2 Å². The highest BCUT2D eigenvalue weighted by atomic mass is 19.4. The van der Waals surface area contributed by atoms with Crippen molar-refractivity contribution in [2.24, 2.45) is 11.1 Å². The van der Waals surface area contributed by atoms with Crippen LogP contribution in [0.15, 0.2) is 24.3 Å². The van der Waals surface area contributed by atoms with Gasteiger partial charge in [-0.3, -0.25) is 4.79 Å². The molecule has 1 saturated carbocycles. The smallest absolute Gasteiger partial charge is 0.330 e. The normalized spacial score (nSPS) is 17.7. The molecular formula is C17H23F3N2O. The molecule has 0 spiro atoms. The van der Waals surface area contributed by atoms with Crippen molar-refractivity contribution in [2.75, 3.05) is 11.9 Å². The Morgan fingerprint density at radius 3 is 2.52 bits per heavy atom. The topological polar surface area (TPSA) is 55.1 Å². The number of benzene rings is 1. The first kappa shape index (κ1) is 17.8. The van der Waals surface area contributed by atoms with Gasteiger partial charge in [0.25, 0.3) is 0 Å². The summed E-state index contributed by atoms with van der Waals surface area (Å²) in [5.41, 5.74) is 6.25. The highest BCUT2D eigenvalue weighted by Crippen LogP contribution is 2.38. The van der Waals surface area contributed by atoms with Crippen LogP contribution in [0.5, 0.6) is 0 Å². The van der Waals surface area contributed by atoms with Crippen LogP contribution in [0.3, 0.4) is 0 Å². The summed E-state index contributed by atoms with van der Waals surface area (Å²) in [6, 6.07) is 5.91. The number of anilines is 1. The second kappa shape index (κ2) is 7.34. The molecule has 0 aliphatic heterocycles. The van der Waals surface area contributed by atoms with Gasteiger partial charge < -0.3 is 11.1 Å². The van der Waals surface area contributed by atoms with E-state index < -0.39 is 12.6 Å². The summed E-state index contributed by atoms with van der Waals surface area (Å²) in [4.78, 5) is 12.3. The number of hydrogen-bond donors (Lipinski definition) is 2. The van der Waals surface area contributed by atoms with Crippen molar-refractivity contribution in [3.63, 3.8) is 0 Å². The van der Waals surface area contributed by atoms with Crippen LogP contribution in [0, 0.1) is 5.41 Å². The maximum Gasteiger partial charge on any atom is 0.393 e. The first-order chi connectivity index (χ1) is 10.8. The zero-order valence-corrected chi connectivity index (χ0v) is 13.1. The number of nitrogens with two attached hydrogens (primary N) is 1. The number of alkyl halides is 3. The molecule has 0 bridgehead atoms. The van der Waals surface area contributed by atoms with Crippen LogP contribution >= 0.6 is 0 Å². The molecule has 1 aliphatic rings. The Morgan fingerprint density at radius 2 is 1.91 bits per heavy atom. The molecule has 0 radical (unpaired) electrons. The molecule has 0 atom stereocenters. The van der Waals surface area contributed by atoms with E-state index in [4.69, 9.17) is 5.73 Å². The number of nitrogens with one attached hydrogen (secondary N) is 1. The van der Waals surface area contributed by atoms with Crippen molar-refractivity contribution >= 4 is 11.6 Å². The first-order valence-electron chi connectivity index (χ1n) is 7.98. The lowest BCUT2D eigenvalue weighted by Gasteiger charge is -2.35. The summed E-state index contributed by atoms with van der Waals surface area (Å²) in [6.45, 7) is 0.467. The van der Waals surface area contributed by atoms with E-state index in [1.807, 2.05) is 0 Å². The molecule has 0 heterocycles. The van der Waals surface area contributed by atoms with Crippen LogP contribution in [0.1, 0.15) is 44.1 Å². The van der Waals surface area contributed by atoms with E-state index in [0.717, 1.165) is 25.7 Å². The zero-order chi connectivity index (χ0) is 16.9. The molecule has 0 aromatic heterocycles. The average Bonchev–Trinajstić information content (AvgIpc) is 2.46. The fourth-order valence-electron chi connectivity index (χ4n) is 3.29. The van der Waals surface area contributed by atoms with Crippen molar-refractivity contribution in [3.05, 3.63) is 29.8 Å². The molecule has 1 amide bonds. The van der Waals surface area contributed by atoms with Gasteiger partial charge in [-0.05, 0) is 42.5 Å². The molecule has 1 aromatic carbocycles. The highest BCUT2D eigenvalue weighted by Gasteiger charge is 2.33. The number of hydrogen-bond acceptors (Lipinski definition) is 2. The summed E-state index contributed by atoms with van der Waals surface area (Å²) in [6.07, 6.45) is 0.265.